The van der Waals surface area contributed by atoms with E-state index in [9.17, 15) is 9.59 Å². The van der Waals surface area contributed by atoms with Gasteiger partial charge in [0.15, 0.2) is 0 Å². The van der Waals surface area contributed by atoms with E-state index in [1.54, 1.807) is 0 Å². The van der Waals surface area contributed by atoms with Crippen LogP contribution in [0.3, 0.4) is 0 Å². The van der Waals surface area contributed by atoms with Crippen molar-refractivity contribution in [2.45, 2.75) is 12.8 Å². The Morgan fingerprint density at radius 1 is 1.47 bits per heavy atom. The van der Waals surface area contributed by atoms with Gasteiger partial charge >= 0.3 is 12.0 Å². The van der Waals surface area contributed by atoms with Crippen molar-refractivity contribution < 1.29 is 14.7 Å². The number of nitrogens with zero attached hydrogens (tertiary/aromatic N) is 2. The average molecular weight is 267 g/mol. The van der Waals surface area contributed by atoms with Gasteiger partial charge in [-0.15, -0.1) is 6.42 Å². The maximum atomic E-state index is 11.8. The van der Waals surface area contributed by atoms with E-state index in [0.717, 1.165) is 30.8 Å². The first-order chi connectivity index (χ1) is 9.02. The summed E-state index contributed by atoms with van der Waals surface area (Å²) in [5, 5.41) is 11.5. The zero-order valence-electron chi connectivity index (χ0n) is 11.3. The summed E-state index contributed by atoms with van der Waals surface area (Å²) in [5.74, 6) is 1.68. The molecule has 1 fully saturated rings. The van der Waals surface area contributed by atoms with Gasteiger partial charge in [0, 0.05) is 6.54 Å². The Hall–Kier alpha value is -1.74. The van der Waals surface area contributed by atoms with Crippen molar-refractivity contribution in [1.29, 1.82) is 0 Å². The number of amides is 2. The van der Waals surface area contributed by atoms with Crippen LogP contribution in [-0.4, -0.2) is 66.7 Å². The lowest BCUT2D eigenvalue weighted by Crippen LogP contribution is -2.45. The quantitative estimate of drug-likeness (QED) is 0.691. The third-order valence-electron chi connectivity index (χ3n) is 3.28. The lowest BCUT2D eigenvalue weighted by molar-refractivity contribution is -0.137. The summed E-state index contributed by atoms with van der Waals surface area (Å²) in [6, 6.07) is -0.403. The van der Waals surface area contributed by atoms with Crippen LogP contribution in [0.15, 0.2) is 0 Å². The van der Waals surface area contributed by atoms with Crippen LogP contribution >= 0.6 is 0 Å². The van der Waals surface area contributed by atoms with E-state index in [1.807, 2.05) is 0 Å². The Morgan fingerprint density at radius 2 is 2.11 bits per heavy atom. The standard InChI is InChI=1S/C13H21N3O3/c1-3-6-16(10-12(17)18)13(19)14-9-11-4-7-15(2)8-5-11/h1,11H,4-10H2,2H3,(H,14,19)(H,17,18). The zero-order chi connectivity index (χ0) is 14.3. The molecular weight excluding hydrogens is 246 g/mol. The fraction of sp³-hybridized carbons (Fsp3) is 0.692. The maximum Gasteiger partial charge on any atom is 0.323 e. The molecule has 0 unspecified atom stereocenters. The minimum atomic E-state index is -1.07. The third-order valence-corrected chi connectivity index (χ3v) is 3.28. The van der Waals surface area contributed by atoms with E-state index in [1.165, 1.54) is 0 Å². The molecule has 0 aromatic heterocycles. The fourth-order valence-electron chi connectivity index (χ4n) is 2.08. The molecule has 1 rings (SSSR count). The predicted molar refractivity (Wildman–Crippen MR) is 71.7 cm³/mol. The number of carboxylic acids is 1. The van der Waals surface area contributed by atoms with Gasteiger partial charge in [-0.3, -0.25) is 4.79 Å². The second-order valence-corrected chi connectivity index (χ2v) is 4.89. The summed E-state index contributed by atoms with van der Waals surface area (Å²) >= 11 is 0. The van der Waals surface area contributed by atoms with E-state index >= 15 is 0 Å². The summed E-state index contributed by atoms with van der Waals surface area (Å²) in [6.45, 7) is 2.27. The lowest BCUT2D eigenvalue weighted by Gasteiger charge is -2.29. The first-order valence-corrected chi connectivity index (χ1v) is 6.39. The molecule has 1 aliphatic rings. The van der Waals surface area contributed by atoms with E-state index in [0.29, 0.717) is 12.5 Å². The summed E-state index contributed by atoms with van der Waals surface area (Å²) in [7, 11) is 2.08. The molecule has 106 valence electrons. The van der Waals surface area contributed by atoms with Gasteiger partial charge in [0.25, 0.3) is 0 Å². The van der Waals surface area contributed by atoms with Gasteiger partial charge in [-0.05, 0) is 38.9 Å². The Labute approximate surface area is 113 Å². The molecule has 6 nitrogen and oxygen atoms in total. The van der Waals surface area contributed by atoms with E-state index < -0.39 is 12.0 Å². The second kappa shape index (κ2) is 7.64. The van der Waals surface area contributed by atoms with Crippen LogP contribution in [0, 0.1) is 18.3 Å². The van der Waals surface area contributed by atoms with Crippen molar-refractivity contribution in [3.63, 3.8) is 0 Å². The van der Waals surface area contributed by atoms with E-state index in [2.05, 4.69) is 23.2 Å². The number of aliphatic carboxylic acids is 1. The minimum Gasteiger partial charge on any atom is -0.480 e. The van der Waals surface area contributed by atoms with Crippen LogP contribution in [0.2, 0.25) is 0 Å². The highest BCUT2D eigenvalue weighted by molar-refractivity contribution is 5.80. The van der Waals surface area contributed by atoms with Crippen LogP contribution < -0.4 is 5.32 Å². The number of likely N-dealkylation sites (tertiary alicyclic amines) is 1. The zero-order valence-corrected chi connectivity index (χ0v) is 11.3. The second-order valence-electron chi connectivity index (χ2n) is 4.89. The van der Waals surface area contributed by atoms with Gasteiger partial charge in [-0.2, -0.15) is 0 Å². The normalized spacial score (nSPS) is 16.6. The molecule has 2 amide bonds. The molecule has 0 spiro atoms. The highest BCUT2D eigenvalue weighted by Crippen LogP contribution is 2.14. The molecule has 0 atom stereocenters. The van der Waals surface area contributed by atoms with Crippen LogP contribution in [0.4, 0.5) is 4.79 Å². The SMILES string of the molecule is C#CCN(CC(=O)O)C(=O)NCC1CCN(C)CC1. The number of carbonyl (C=O) groups is 2. The van der Waals surface area contributed by atoms with Crippen molar-refractivity contribution in [2.24, 2.45) is 5.92 Å². The number of carboxylic acid groups (broad SMARTS) is 1. The monoisotopic (exact) mass is 267 g/mol. The van der Waals surface area contributed by atoms with Crippen molar-refractivity contribution in [1.82, 2.24) is 15.1 Å². The molecular formula is C13H21N3O3. The van der Waals surface area contributed by atoms with Gasteiger partial charge in [-0.25, -0.2) is 4.79 Å². The summed E-state index contributed by atoms with van der Waals surface area (Å²) in [4.78, 5) is 25.8. The third kappa shape index (κ3) is 5.62. The van der Waals surface area contributed by atoms with E-state index in [-0.39, 0.29) is 13.1 Å². The van der Waals surface area contributed by atoms with Crippen LogP contribution in [0.25, 0.3) is 0 Å². The summed E-state index contributed by atoms with van der Waals surface area (Å²) in [5.41, 5.74) is 0. The summed E-state index contributed by atoms with van der Waals surface area (Å²) < 4.78 is 0. The molecule has 0 aromatic rings. The Morgan fingerprint density at radius 3 is 2.63 bits per heavy atom. The predicted octanol–water partition coefficient (Wildman–Crippen LogP) is 0.0576. The molecule has 1 aliphatic heterocycles. The van der Waals surface area contributed by atoms with Crippen LogP contribution in [0.1, 0.15) is 12.8 Å². The van der Waals surface area contributed by atoms with Gasteiger partial charge in [0.05, 0.1) is 6.54 Å². The fourth-order valence-corrected chi connectivity index (χ4v) is 2.08. The van der Waals surface area contributed by atoms with Crippen molar-refractivity contribution in [2.75, 3.05) is 39.8 Å². The molecule has 19 heavy (non-hydrogen) atoms. The number of rotatable bonds is 5. The lowest BCUT2D eigenvalue weighted by atomic mass is 9.97. The molecule has 2 N–H and O–H groups in total. The first kappa shape index (κ1) is 15.3. The van der Waals surface area contributed by atoms with Gasteiger partial charge in [0.1, 0.15) is 6.54 Å². The minimum absolute atomic E-state index is 0.00549. The number of hydrogen-bond acceptors (Lipinski definition) is 3. The number of urea groups is 1. The number of hydrogen-bond donors (Lipinski definition) is 2. The number of nitrogens with one attached hydrogen (secondary N) is 1. The van der Waals surface area contributed by atoms with Gasteiger partial charge in [0.2, 0.25) is 0 Å². The molecule has 0 saturated carbocycles. The summed E-state index contributed by atoms with van der Waals surface area (Å²) in [6.07, 6.45) is 7.22. The van der Waals surface area contributed by atoms with Crippen molar-refractivity contribution >= 4 is 12.0 Å². The molecule has 0 radical (unpaired) electrons. The Bertz CT molecular complexity index is 357. The Balaban J connectivity index is 2.35. The van der Waals surface area contributed by atoms with Gasteiger partial charge < -0.3 is 20.2 Å². The topological polar surface area (TPSA) is 72.9 Å². The highest BCUT2D eigenvalue weighted by Gasteiger charge is 2.20. The van der Waals surface area contributed by atoms with Crippen molar-refractivity contribution in [3.8, 4) is 12.3 Å². The van der Waals surface area contributed by atoms with Crippen LogP contribution in [0.5, 0.6) is 0 Å². The molecule has 0 bridgehead atoms. The molecule has 0 aromatic carbocycles. The van der Waals surface area contributed by atoms with E-state index in [4.69, 9.17) is 11.5 Å². The van der Waals surface area contributed by atoms with Crippen LogP contribution in [-0.2, 0) is 4.79 Å². The van der Waals surface area contributed by atoms with Gasteiger partial charge in [-0.1, -0.05) is 5.92 Å². The largest absolute Gasteiger partial charge is 0.480 e. The Kier molecular flexibility index (Phi) is 6.16. The maximum absolute atomic E-state index is 11.8. The molecule has 0 aliphatic carbocycles. The molecule has 1 saturated heterocycles. The molecule has 1 heterocycles. The number of piperidine rings is 1. The number of carbonyl (C=O) groups excluding carboxylic acids is 1. The first-order valence-electron chi connectivity index (χ1n) is 6.39. The smallest absolute Gasteiger partial charge is 0.323 e. The highest BCUT2D eigenvalue weighted by atomic mass is 16.4. The number of terminal acetylenes is 1. The molecule has 6 heteroatoms. The van der Waals surface area contributed by atoms with Crippen molar-refractivity contribution in [3.05, 3.63) is 0 Å². The average Bonchev–Trinajstić information content (AvgIpc) is 2.37.